The number of hydrogen-bond donors (Lipinski definition) is 1. The van der Waals surface area contributed by atoms with E-state index in [2.05, 4.69) is 24.1 Å². The molecular formula is C21H31N3O3. The fourth-order valence-corrected chi connectivity index (χ4v) is 4.80. The minimum absolute atomic E-state index is 0.0208. The van der Waals surface area contributed by atoms with E-state index in [1.54, 1.807) is 0 Å². The lowest BCUT2D eigenvalue weighted by molar-refractivity contribution is 0.101. The second-order valence-corrected chi connectivity index (χ2v) is 8.59. The van der Waals surface area contributed by atoms with Crippen molar-refractivity contribution in [2.45, 2.75) is 33.1 Å². The van der Waals surface area contributed by atoms with E-state index < -0.39 is 0 Å². The number of hydrogen-bond acceptors (Lipinski definition) is 4. The van der Waals surface area contributed by atoms with Crippen LogP contribution in [0.25, 0.3) is 0 Å². The Morgan fingerprint density at radius 3 is 2.56 bits per heavy atom. The number of anilines is 1. The van der Waals surface area contributed by atoms with Gasteiger partial charge in [-0.15, -0.1) is 0 Å². The molecular weight excluding hydrogens is 342 g/mol. The highest BCUT2D eigenvalue weighted by Crippen LogP contribution is 2.34. The van der Waals surface area contributed by atoms with Gasteiger partial charge in [-0.25, -0.2) is 4.79 Å². The largest absolute Gasteiger partial charge is 0.454 e. The summed E-state index contributed by atoms with van der Waals surface area (Å²) in [4.78, 5) is 17.2. The molecule has 4 rings (SSSR count). The summed E-state index contributed by atoms with van der Waals surface area (Å²) in [6.45, 7) is 10.3. The van der Waals surface area contributed by atoms with E-state index in [0.717, 1.165) is 49.2 Å². The Kier molecular flexibility index (Phi) is 5.43. The molecule has 0 saturated carbocycles. The van der Waals surface area contributed by atoms with Gasteiger partial charge in [0, 0.05) is 44.5 Å². The normalized spacial score (nSPS) is 26.2. The molecule has 2 saturated heterocycles. The van der Waals surface area contributed by atoms with Crippen molar-refractivity contribution in [1.82, 2.24) is 9.80 Å². The van der Waals surface area contributed by atoms with Crippen LogP contribution in [0.3, 0.4) is 0 Å². The van der Waals surface area contributed by atoms with Crippen molar-refractivity contribution >= 4 is 11.7 Å². The molecule has 0 aliphatic carbocycles. The van der Waals surface area contributed by atoms with E-state index in [0.29, 0.717) is 11.7 Å². The Labute approximate surface area is 161 Å². The Bertz CT molecular complexity index is 663. The molecule has 2 unspecified atom stereocenters. The average Bonchev–Trinajstić information content (AvgIpc) is 3.09. The summed E-state index contributed by atoms with van der Waals surface area (Å²) in [5.74, 6) is 3.74. The molecule has 0 spiro atoms. The van der Waals surface area contributed by atoms with Gasteiger partial charge in [-0.2, -0.15) is 0 Å². The van der Waals surface area contributed by atoms with Gasteiger partial charge in [0.1, 0.15) is 0 Å². The van der Waals surface area contributed by atoms with Crippen LogP contribution in [0.15, 0.2) is 18.2 Å². The molecule has 6 heteroatoms. The Hall–Kier alpha value is -1.95. The smallest absolute Gasteiger partial charge is 0.321 e. The molecule has 2 atom stereocenters. The van der Waals surface area contributed by atoms with Gasteiger partial charge in [0.25, 0.3) is 0 Å². The van der Waals surface area contributed by atoms with Crippen LogP contribution >= 0.6 is 0 Å². The number of nitrogens with one attached hydrogen (secondary N) is 1. The zero-order valence-electron chi connectivity index (χ0n) is 16.4. The number of amides is 2. The van der Waals surface area contributed by atoms with E-state index in [9.17, 15) is 4.79 Å². The van der Waals surface area contributed by atoms with Crippen LogP contribution in [-0.4, -0.2) is 55.3 Å². The summed E-state index contributed by atoms with van der Waals surface area (Å²) in [6.07, 6.45) is 3.54. The second-order valence-electron chi connectivity index (χ2n) is 8.59. The highest BCUT2D eigenvalue weighted by atomic mass is 16.7. The maximum Gasteiger partial charge on any atom is 0.321 e. The lowest BCUT2D eigenvalue weighted by Crippen LogP contribution is -2.46. The lowest BCUT2D eigenvalue weighted by atomic mass is 9.89. The zero-order chi connectivity index (χ0) is 18.8. The van der Waals surface area contributed by atoms with Gasteiger partial charge >= 0.3 is 6.03 Å². The molecule has 2 fully saturated rings. The molecule has 0 bridgehead atoms. The second kappa shape index (κ2) is 7.97. The van der Waals surface area contributed by atoms with Gasteiger partial charge in [0.15, 0.2) is 11.5 Å². The zero-order valence-corrected chi connectivity index (χ0v) is 16.4. The Morgan fingerprint density at radius 2 is 1.81 bits per heavy atom. The van der Waals surface area contributed by atoms with Gasteiger partial charge in [-0.3, -0.25) is 0 Å². The maximum absolute atomic E-state index is 12.6. The third-order valence-electron chi connectivity index (χ3n) is 5.99. The van der Waals surface area contributed by atoms with Crippen LogP contribution < -0.4 is 14.8 Å². The minimum Gasteiger partial charge on any atom is -0.454 e. The predicted octanol–water partition coefficient (Wildman–Crippen LogP) is 3.64. The maximum atomic E-state index is 12.6. The highest BCUT2D eigenvalue weighted by Gasteiger charge is 2.28. The van der Waals surface area contributed by atoms with Gasteiger partial charge in [0.05, 0.1) is 0 Å². The molecule has 0 aromatic heterocycles. The molecule has 3 aliphatic rings. The van der Waals surface area contributed by atoms with Crippen LogP contribution in [0.5, 0.6) is 11.5 Å². The van der Waals surface area contributed by atoms with Crippen LogP contribution in [0.1, 0.15) is 33.1 Å². The number of fused-ring (bicyclic) bond motifs is 1. The Morgan fingerprint density at radius 1 is 1.11 bits per heavy atom. The summed E-state index contributed by atoms with van der Waals surface area (Å²) in [6, 6.07) is 5.50. The van der Waals surface area contributed by atoms with E-state index in [-0.39, 0.29) is 12.8 Å². The van der Waals surface area contributed by atoms with Crippen molar-refractivity contribution in [2.24, 2.45) is 17.8 Å². The number of likely N-dealkylation sites (tertiary alicyclic amines) is 2. The van der Waals surface area contributed by atoms with E-state index in [1.165, 1.54) is 26.1 Å². The quantitative estimate of drug-likeness (QED) is 0.879. The molecule has 148 valence electrons. The molecule has 0 radical (unpaired) electrons. The highest BCUT2D eigenvalue weighted by molar-refractivity contribution is 5.89. The van der Waals surface area contributed by atoms with Crippen molar-refractivity contribution < 1.29 is 14.3 Å². The van der Waals surface area contributed by atoms with Crippen molar-refractivity contribution in [3.8, 4) is 11.5 Å². The number of carbonyl (C=O) groups excluding carboxylic acids is 1. The molecule has 27 heavy (non-hydrogen) atoms. The van der Waals surface area contributed by atoms with Gasteiger partial charge in [-0.05, 0) is 49.1 Å². The number of piperidine rings is 2. The monoisotopic (exact) mass is 373 g/mol. The SMILES string of the molecule is CC1CC(C)CN(CC2CCN(C(=O)Nc3ccc4c(c3)OCO4)CC2)C1. The van der Waals surface area contributed by atoms with E-state index >= 15 is 0 Å². The summed E-state index contributed by atoms with van der Waals surface area (Å²) >= 11 is 0. The fraction of sp³-hybridized carbons (Fsp3) is 0.667. The summed E-state index contributed by atoms with van der Waals surface area (Å²) in [5.41, 5.74) is 0.752. The first-order chi connectivity index (χ1) is 13.1. The molecule has 6 nitrogen and oxygen atoms in total. The fourth-order valence-electron chi connectivity index (χ4n) is 4.80. The van der Waals surface area contributed by atoms with Crippen molar-refractivity contribution in [1.29, 1.82) is 0 Å². The van der Waals surface area contributed by atoms with Gasteiger partial charge < -0.3 is 24.6 Å². The first-order valence-electron chi connectivity index (χ1n) is 10.2. The topological polar surface area (TPSA) is 54.0 Å². The molecule has 3 heterocycles. The number of urea groups is 1. The summed E-state index contributed by atoms with van der Waals surface area (Å²) in [7, 11) is 0. The third-order valence-corrected chi connectivity index (χ3v) is 5.99. The predicted molar refractivity (Wildman–Crippen MR) is 105 cm³/mol. The summed E-state index contributed by atoms with van der Waals surface area (Å²) < 4.78 is 10.7. The molecule has 1 aromatic carbocycles. The number of nitrogens with zero attached hydrogens (tertiary/aromatic N) is 2. The van der Waals surface area contributed by atoms with Gasteiger partial charge in [0.2, 0.25) is 6.79 Å². The van der Waals surface area contributed by atoms with Crippen LogP contribution in [0, 0.1) is 17.8 Å². The summed E-state index contributed by atoms with van der Waals surface area (Å²) in [5, 5.41) is 2.99. The van der Waals surface area contributed by atoms with Crippen LogP contribution in [-0.2, 0) is 0 Å². The Balaban J connectivity index is 1.24. The molecule has 2 amide bonds. The lowest BCUT2D eigenvalue weighted by Gasteiger charge is -2.39. The average molecular weight is 373 g/mol. The number of rotatable bonds is 3. The van der Waals surface area contributed by atoms with E-state index in [4.69, 9.17) is 9.47 Å². The van der Waals surface area contributed by atoms with E-state index in [1.807, 2.05) is 23.1 Å². The van der Waals surface area contributed by atoms with Crippen molar-refractivity contribution in [2.75, 3.05) is 44.8 Å². The van der Waals surface area contributed by atoms with Crippen LogP contribution in [0.4, 0.5) is 10.5 Å². The number of carbonyl (C=O) groups is 1. The number of benzene rings is 1. The minimum atomic E-state index is -0.0208. The van der Waals surface area contributed by atoms with Crippen molar-refractivity contribution in [3.63, 3.8) is 0 Å². The number of ether oxygens (including phenoxy) is 2. The standard InChI is InChI=1S/C21H31N3O3/c1-15-9-16(2)12-23(11-15)13-17-5-7-24(8-6-17)21(25)22-18-3-4-19-20(10-18)27-14-26-19/h3-4,10,15-17H,5-9,11-14H2,1-2H3,(H,22,25). The van der Waals surface area contributed by atoms with Crippen molar-refractivity contribution in [3.05, 3.63) is 18.2 Å². The molecule has 1 aromatic rings. The van der Waals surface area contributed by atoms with Crippen LogP contribution in [0.2, 0.25) is 0 Å². The first kappa shape index (κ1) is 18.4. The third kappa shape index (κ3) is 4.49. The van der Waals surface area contributed by atoms with Gasteiger partial charge in [-0.1, -0.05) is 13.8 Å². The molecule has 1 N–H and O–H groups in total. The first-order valence-corrected chi connectivity index (χ1v) is 10.2. The molecule has 3 aliphatic heterocycles.